The molecule has 21 heavy (non-hydrogen) atoms. The van der Waals surface area contributed by atoms with Gasteiger partial charge in [-0.15, -0.1) is 0 Å². The maximum Gasteiger partial charge on any atom is 0.274 e. The number of rotatable bonds is 8. The minimum atomic E-state index is -3.54. The Morgan fingerprint density at radius 1 is 1.33 bits per heavy atom. The molecule has 0 bridgehead atoms. The lowest BCUT2D eigenvalue weighted by atomic mass is 10.3. The second-order valence-electron chi connectivity index (χ2n) is 5.21. The van der Waals surface area contributed by atoms with Crippen molar-refractivity contribution in [1.82, 2.24) is 10.0 Å². The summed E-state index contributed by atoms with van der Waals surface area (Å²) >= 11 is 1.91. The molecule has 0 amide bonds. The van der Waals surface area contributed by atoms with Crippen molar-refractivity contribution in [1.29, 1.82) is 0 Å². The van der Waals surface area contributed by atoms with Crippen LogP contribution in [0.15, 0.2) is 21.6 Å². The lowest BCUT2D eigenvalue weighted by molar-refractivity contribution is 0.399. The molecule has 2 atom stereocenters. The number of furan rings is 1. The van der Waals surface area contributed by atoms with Gasteiger partial charge in [-0.05, 0) is 43.7 Å². The fourth-order valence-electron chi connectivity index (χ4n) is 2.56. The average molecular weight is 332 g/mol. The highest BCUT2D eigenvalue weighted by Crippen LogP contribution is 2.30. The summed E-state index contributed by atoms with van der Waals surface area (Å²) in [6.07, 6.45) is 2.89. The molecule has 1 aliphatic rings. The van der Waals surface area contributed by atoms with Gasteiger partial charge in [-0.3, -0.25) is 0 Å². The number of sulfonamides is 1. The van der Waals surface area contributed by atoms with E-state index < -0.39 is 10.0 Å². The van der Waals surface area contributed by atoms with Gasteiger partial charge in [-0.2, -0.15) is 11.8 Å². The number of thioether (sulfide) groups is 1. The summed E-state index contributed by atoms with van der Waals surface area (Å²) in [4.78, 5) is 0. The van der Waals surface area contributed by atoms with Crippen molar-refractivity contribution in [3.63, 3.8) is 0 Å². The Hall–Kier alpha value is -0.500. The molecule has 1 aromatic rings. The van der Waals surface area contributed by atoms with E-state index in [2.05, 4.69) is 17.0 Å². The highest BCUT2D eigenvalue weighted by atomic mass is 32.2. The van der Waals surface area contributed by atoms with Crippen LogP contribution in [0.1, 0.15) is 38.9 Å². The second-order valence-corrected chi connectivity index (χ2v) is 8.43. The number of nitrogens with one attached hydrogen (secondary N) is 2. The van der Waals surface area contributed by atoms with E-state index in [9.17, 15) is 8.42 Å². The SMILES string of the molecule is CCNCc1ccc(S(=O)(=O)NC2CCC(SCC)C2)o1. The third kappa shape index (κ3) is 4.74. The van der Waals surface area contributed by atoms with Crippen LogP contribution in [0.3, 0.4) is 0 Å². The van der Waals surface area contributed by atoms with E-state index in [1.165, 1.54) is 6.07 Å². The summed E-state index contributed by atoms with van der Waals surface area (Å²) in [5.41, 5.74) is 0. The van der Waals surface area contributed by atoms with Crippen LogP contribution in [-0.2, 0) is 16.6 Å². The van der Waals surface area contributed by atoms with E-state index in [1.54, 1.807) is 6.07 Å². The third-order valence-corrected chi connectivity index (χ3v) is 6.19. The molecule has 1 aliphatic carbocycles. The molecule has 1 heterocycles. The van der Waals surface area contributed by atoms with Crippen LogP contribution >= 0.6 is 11.8 Å². The fourth-order valence-corrected chi connectivity index (χ4v) is 4.93. The van der Waals surface area contributed by atoms with Crippen LogP contribution < -0.4 is 10.0 Å². The second kappa shape index (κ2) is 7.67. The molecule has 2 rings (SSSR count). The van der Waals surface area contributed by atoms with Gasteiger partial charge in [0.05, 0.1) is 6.54 Å². The molecule has 5 nitrogen and oxygen atoms in total. The molecule has 120 valence electrons. The molecule has 1 fully saturated rings. The summed E-state index contributed by atoms with van der Waals surface area (Å²) in [6, 6.07) is 3.27. The highest BCUT2D eigenvalue weighted by molar-refractivity contribution is 7.99. The van der Waals surface area contributed by atoms with E-state index in [-0.39, 0.29) is 11.1 Å². The van der Waals surface area contributed by atoms with Gasteiger partial charge in [0.25, 0.3) is 10.0 Å². The van der Waals surface area contributed by atoms with E-state index in [4.69, 9.17) is 4.42 Å². The van der Waals surface area contributed by atoms with Crippen LogP contribution in [-0.4, -0.2) is 32.0 Å². The zero-order valence-corrected chi connectivity index (χ0v) is 14.2. The molecule has 0 radical (unpaired) electrons. The Balaban J connectivity index is 1.94. The van der Waals surface area contributed by atoms with E-state index in [0.717, 1.165) is 31.6 Å². The highest BCUT2D eigenvalue weighted by Gasteiger charge is 2.30. The van der Waals surface area contributed by atoms with Gasteiger partial charge >= 0.3 is 0 Å². The van der Waals surface area contributed by atoms with Crippen molar-refractivity contribution in [2.45, 2.75) is 56.0 Å². The first kappa shape index (κ1) is 16.9. The van der Waals surface area contributed by atoms with Gasteiger partial charge in [-0.25, -0.2) is 13.1 Å². The zero-order chi connectivity index (χ0) is 15.3. The summed E-state index contributed by atoms with van der Waals surface area (Å²) in [6.45, 7) is 5.49. The van der Waals surface area contributed by atoms with Gasteiger partial charge in [0.2, 0.25) is 5.09 Å². The maximum atomic E-state index is 12.3. The first-order valence-corrected chi connectivity index (χ1v) is 10.0. The first-order chi connectivity index (χ1) is 10.0. The molecule has 0 aromatic carbocycles. The van der Waals surface area contributed by atoms with Crippen molar-refractivity contribution in [2.75, 3.05) is 12.3 Å². The number of hydrogen-bond donors (Lipinski definition) is 2. The predicted molar refractivity (Wildman–Crippen MR) is 86.0 cm³/mol. The van der Waals surface area contributed by atoms with Gasteiger partial charge < -0.3 is 9.73 Å². The summed E-state index contributed by atoms with van der Waals surface area (Å²) < 4.78 is 32.8. The smallest absolute Gasteiger partial charge is 0.274 e. The molecule has 1 aromatic heterocycles. The van der Waals surface area contributed by atoms with Crippen molar-refractivity contribution in [3.8, 4) is 0 Å². The largest absolute Gasteiger partial charge is 0.447 e. The Morgan fingerprint density at radius 2 is 2.14 bits per heavy atom. The van der Waals surface area contributed by atoms with Crippen LogP contribution in [0.4, 0.5) is 0 Å². The standard InChI is InChI=1S/C14H24N2O3S2/c1-3-15-10-12-6-8-14(19-12)21(17,18)16-11-5-7-13(9-11)20-4-2/h6,8,11,13,15-16H,3-5,7,9-10H2,1-2H3. The van der Waals surface area contributed by atoms with Gasteiger partial charge in [0.1, 0.15) is 5.76 Å². The third-order valence-electron chi connectivity index (χ3n) is 3.56. The first-order valence-electron chi connectivity index (χ1n) is 7.48. The summed E-state index contributed by atoms with van der Waals surface area (Å²) in [7, 11) is -3.54. The molecule has 2 unspecified atom stereocenters. The van der Waals surface area contributed by atoms with Crippen LogP contribution in [0.5, 0.6) is 0 Å². The van der Waals surface area contributed by atoms with E-state index in [0.29, 0.717) is 17.6 Å². The summed E-state index contributed by atoms with van der Waals surface area (Å²) in [5.74, 6) is 1.72. The lowest BCUT2D eigenvalue weighted by Gasteiger charge is -2.12. The minimum absolute atomic E-state index is 0.0157. The van der Waals surface area contributed by atoms with Crippen molar-refractivity contribution >= 4 is 21.8 Å². The zero-order valence-electron chi connectivity index (χ0n) is 12.6. The topological polar surface area (TPSA) is 71.3 Å². The molecule has 1 saturated carbocycles. The Labute approximate surface area is 131 Å². The molecular formula is C14H24N2O3S2. The Kier molecular flexibility index (Phi) is 6.16. The van der Waals surface area contributed by atoms with E-state index >= 15 is 0 Å². The molecular weight excluding hydrogens is 308 g/mol. The van der Waals surface area contributed by atoms with Crippen LogP contribution in [0.25, 0.3) is 0 Å². The average Bonchev–Trinajstić information content (AvgIpc) is 3.06. The van der Waals surface area contributed by atoms with Crippen molar-refractivity contribution in [3.05, 3.63) is 17.9 Å². The lowest BCUT2D eigenvalue weighted by Crippen LogP contribution is -2.33. The summed E-state index contributed by atoms with van der Waals surface area (Å²) in [5, 5.41) is 3.70. The fraction of sp³-hybridized carbons (Fsp3) is 0.714. The quantitative estimate of drug-likeness (QED) is 0.764. The molecule has 0 aliphatic heterocycles. The molecule has 7 heteroatoms. The van der Waals surface area contributed by atoms with Crippen molar-refractivity contribution < 1.29 is 12.8 Å². The Bertz CT molecular complexity index is 542. The molecule has 2 N–H and O–H groups in total. The minimum Gasteiger partial charge on any atom is -0.447 e. The monoisotopic (exact) mass is 332 g/mol. The van der Waals surface area contributed by atoms with Gasteiger partial charge in [0.15, 0.2) is 0 Å². The predicted octanol–water partition coefficient (Wildman–Crippen LogP) is 2.34. The van der Waals surface area contributed by atoms with Gasteiger partial charge in [0, 0.05) is 11.3 Å². The van der Waals surface area contributed by atoms with Crippen LogP contribution in [0, 0.1) is 0 Å². The van der Waals surface area contributed by atoms with Gasteiger partial charge in [-0.1, -0.05) is 13.8 Å². The van der Waals surface area contributed by atoms with Crippen molar-refractivity contribution in [2.24, 2.45) is 0 Å². The Morgan fingerprint density at radius 3 is 2.86 bits per heavy atom. The molecule has 0 saturated heterocycles. The normalized spacial score (nSPS) is 22.8. The maximum absolute atomic E-state index is 12.3. The molecule has 0 spiro atoms. The number of hydrogen-bond acceptors (Lipinski definition) is 5. The van der Waals surface area contributed by atoms with Crippen LogP contribution in [0.2, 0.25) is 0 Å². The van der Waals surface area contributed by atoms with E-state index in [1.807, 2.05) is 18.7 Å².